The second-order valence-electron chi connectivity index (χ2n) is 4.69. The van der Waals surface area contributed by atoms with Gasteiger partial charge in [0.15, 0.2) is 12.4 Å². The number of aromatic nitrogens is 4. The molecule has 6 nitrogen and oxygen atoms in total. The van der Waals surface area contributed by atoms with Gasteiger partial charge in [0.1, 0.15) is 0 Å². The van der Waals surface area contributed by atoms with Crippen molar-refractivity contribution in [3.63, 3.8) is 0 Å². The van der Waals surface area contributed by atoms with Crippen LogP contribution in [-0.2, 0) is 16.1 Å². The number of rotatable bonds is 5. The number of benzene rings is 2. The molecular formula is C17H14N4O2. The van der Waals surface area contributed by atoms with Gasteiger partial charge in [-0.1, -0.05) is 48.5 Å². The Hall–Kier alpha value is -3.28. The first-order chi connectivity index (χ1) is 11.3. The number of ether oxygens (including phenoxy) is 1. The maximum Gasteiger partial charge on any atom is 0.331 e. The summed E-state index contributed by atoms with van der Waals surface area (Å²) >= 11 is 0. The summed E-state index contributed by atoms with van der Waals surface area (Å²) in [6.07, 6.45) is 3.08. The van der Waals surface area contributed by atoms with Gasteiger partial charge < -0.3 is 4.74 Å². The Balaban J connectivity index is 1.62. The molecular weight excluding hydrogens is 292 g/mol. The number of esters is 1. The fourth-order valence-corrected chi connectivity index (χ4v) is 1.98. The fourth-order valence-electron chi connectivity index (χ4n) is 1.98. The van der Waals surface area contributed by atoms with Gasteiger partial charge in [0.25, 0.3) is 0 Å². The highest BCUT2D eigenvalue weighted by Crippen LogP contribution is 2.08. The lowest BCUT2D eigenvalue weighted by Gasteiger charge is -2.04. The van der Waals surface area contributed by atoms with E-state index in [1.54, 1.807) is 6.08 Å². The third-order valence-electron chi connectivity index (χ3n) is 3.09. The minimum atomic E-state index is -0.448. The van der Waals surface area contributed by atoms with Gasteiger partial charge in [-0.3, -0.25) is 0 Å². The Morgan fingerprint density at radius 2 is 1.74 bits per heavy atom. The Bertz CT molecular complexity index is 798. The first-order valence-electron chi connectivity index (χ1n) is 7.05. The number of tetrazole rings is 1. The smallest absolute Gasteiger partial charge is 0.331 e. The number of carbonyl (C=O) groups is 1. The van der Waals surface area contributed by atoms with E-state index in [1.165, 1.54) is 10.8 Å². The average Bonchev–Trinajstić information content (AvgIpc) is 3.08. The number of hydrogen-bond acceptors (Lipinski definition) is 5. The van der Waals surface area contributed by atoms with Crippen LogP contribution in [0.1, 0.15) is 11.4 Å². The van der Waals surface area contributed by atoms with Crippen molar-refractivity contribution in [3.05, 3.63) is 78.1 Å². The summed E-state index contributed by atoms with van der Waals surface area (Å²) in [6, 6.07) is 18.9. The first kappa shape index (κ1) is 14.6. The van der Waals surface area contributed by atoms with Crippen molar-refractivity contribution in [2.75, 3.05) is 0 Å². The minimum absolute atomic E-state index is 0.000142. The van der Waals surface area contributed by atoms with E-state index in [0.29, 0.717) is 5.82 Å². The average molecular weight is 306 g/mol. The van der Waals surface area contributed by atoms with Crippen molar-refractivity contribution in [2.24, 2.45) is 0 Å². The van der Waals surface area contributed by atoms with E-state index in [1.807, 2.05) is 60.7 Å². The summed E-state index contributed by atoms with van der Waals surface area (Å²) in [5, 5.41) is 11.4. The molecule has 0 fully saturated rings. The minimum Gasteiger partial charge on any atom is -0.454 e. The molecule has 6 heteroatoms. The maximum absolute atomic E-state index is 11.8. The standard InChI is InChI=1S/C17H14N4O2/c22-17(12-11-14-7-3-1-4-8-14)23-13-16-18-19-20-21(16)15-9-5-2-6-10-15/h1-12H,13H2. The van der Waals surface area contributed by atoms with Gasteiger partial charge in [-0.25, -0.2) is 4.79 Å². The largest absolute Gasteiger partial charge is 0.454 e. The fraction of sp³-hybridized carbons (Fsp3) is 0.0588. The van der Waals surface area contributed by atoms with Gasteiger partial charge in [-0.05, 0) is 34.2 Å². The maximum atomic E-state index is 11.8. The second kappa shape index (κ2) is 7.13. The topological polar surface area (TPSA) is 69.9 Å². The molecule has 0 aliphatic heterocycles. The molecule has 2 aromatic carbocycles. The van der Waals surface area contributed by atoms with E-state index in [9.17, 15) is 4.79 Å². The molecule has 0 bridgehead atoms. The van der Waals surface area contributed by atoms with Crippen molar-refractivity contribution >= 4 is 12.0 Å². The second-order valence-corrected chi connectivity index (χ2v) is 4.69. The van der Waals surface area contributed by atoms with E-state index in [-0.39, 0.29) is 6.61 Å². The molecule has 114 valence electrons. The number of hydrogen-bond donors (Lipinski definition) is 0. The van der Waals surface area contributed by atoms with Crippen LogP contribution in [0.25, 0.3) is 11.8 Å². The van der Waals surface area contributed by atoms with Gasteiger partial charge in [-0.2, -0.15) is 4.68 Å². The zero-order valence-electron chi connectivity index (χ0n) is 12.2. The predicted molar refractivity (Wildman–Crippen MR) is 84.4 cm³/mol. The molecule has 3 rings (SSSR count). The molecule has 0 N–H and O–H groups in total. The molecule has 3 aromatic rings. The Labute approximate surface area is 133 Å². The van der Waals surface area contributed by atoms with Crippen molar-refractivity contribution in [1.29, 1.82) is 0 Å². The Morgan fingerprint density at radius 3 is 2.48 bits per heavy atom. The van der Waals surface area contributed by atoms with E-state index in [2.05, 4.69) is 15.5 Å². The van der Waals surface area contributed by atoms with E-state index in [0.717, 1.165) is 11.3 Å². The third-order valence-corrected chi connectivity index (χ3v) is 3.09. The summed E-state index contributed by atoms with van der Waals surface area (Å²) in [5.74, 6) is 0.00845. The summed E-state index contributed by atoms with van der Waals surface area (Å²) in [6.45, 7) is -0.000142. The number of nitrogens with zero attached hydrogens (tertiary/aromatic N) is 4. The van der Waals surface area contributed by atoms with Crippen LogP contribution in [0.2, 0.25) is 0 Å². The highest BCUT2D eigenvalue weighted by Gasteiger charge is 2.09. The summed E-state index contributed by atoms with van der Waals surface area (Å²) in [4.78, 5) is 11.8. The molecule has 0 aliphatic rings. The number of para-hydroxylation sites is 1. The summed E-state index contributed by atoms with van der Waals surface area (Å²) in [5.41, 5.74) is 1.74. The molecule has 0 unspecified atom stereocenters. The van der Waals surface area contributed by atoms with Crippen molar-refractivity contribution in [2.45, 2.75) is 6.61 Å². The van der Waals surface area contributed by atoms with Gasteiger partial charge in [-0.15, -0.1) is 5.10 Å². The molecule has 0 radical (unpaired) electrons. The van der Waals surface area contributed by atoms with Gasteiger partial charge in [0, 0.05) is 6.08 Å². The van der Waals surface area contributed by atoms with Crippen LogP contribution in [0.3, 0.4) is 0 Å². The van der Waals surface area contributed by atoms with Crippen molar-refractivity contribution < 1.29 is 9.53 Å². The molecule has 0 atom stereocenters. The van der Waals surface area contributed by atoms with Crippen molar-refractivity contribution in [1.82, 2.24) is 20.2 Å². The highest BCUT2D eigenvalue weighted by molar-refractivity contribution is 5.86. The molecule has 0 amide bonds. The van der Waals surface area contributed by atoms with Gasteiger partial charge in [0.05, 0.1) is 5.69 Å². The van der Waals surface area contributed by atoms with Crippen LogP contribution in [0, 0.1) is 0 Å². The van der Waals surface area contributed by atoms with Crippen LogP contribution < -0.4 is 0 Å². The van der Waals surface area contributed by atoms with E-state index in [4.69, 9.17) is 4.74 Å². The summed E-state index contributed by atoms with van der Waals surface area (Å²) < 4.78 is 6.72. The lowest BCUT2D eigenvalue weighted by molar-refractivity contribution is -0.139. The lowest BCUT2D eigenvalue weighted by atomic mass is 10.2. The third kappa shape index (κ3) is 3.88. The zero-order valence-corrected chi connectivity index (χ0v) is 12.2. The van der Waals surface area contributed by atoms with Crippen molar-refractivity contribution in [3.8, 4) is 5.69 Å². The molecule has 0 aliphatic carbocycles. The van der Waals surface area contributed by atoms with Gasteiger partial charge >= 0.3 is 5.97 Å². The molecule has 0 saturated heterocycles. The molecule has 0 saturated carbocycles. The first-order valence-corrected chi connectivity index (χ1v) is 7.05. The van der Waals surface area contributed by atoms with Crippen LogP contribution in [-0.4, -0.2) is 26.2 Å². The van der Waals surface area contributed by atoms with E-state index < -0.39 is 5.97 Å². The van der Waals surface area contributed by atoms with Gasteiger partial charge in [0.2, 0.25) is 0 Å². The molecule has 1 aromatic heterocycles. The van der Waals surface area contributed by atoms with Crippen LogP contribution in [0.15, 0.2) is 66.7 Å². The van der Waals surface area contributed by atoms with Crippen LogP contribution >= 0.6 is 0 Å². The normalized spacial score (nSPS) is 10.8. The monoisotopic (exact) mass is 306 g/mol. The Kier molecular flexibility index (Phi) is 4.54. The summed E-state index contributed by atoms with van der Waals surface area (Å²) in [7, 11) is 0. The lowest BCUT2D eigenvalue weighted by Crippen LogP contribution is -2.08. The van der Waals surface area contributed by atoms with E-state index >= 15 is 0 Å². The molecule has 23 heavy (non-hydrogen) atoms. The zero-order chi connectivity index (χ0) is 15.9. The Morgan fingerprint density at radius 1 is 1.04 bits per heavy atom. The molecule has 1 heterocycles. The van der Waals surface area contributed by atoms with Crippen LogP contribution in [0.5, 0.6) is 0 Å². The number of carbonyl (C=O) groups excluding carboxylic acids is 1. The highest BCUT2D eigenvalue weighted by atomic mass is 16.5. The SMILES string of the molecule is O=C(C=Cc1ccccc1)OCc1nnnn1-c1ccccc1. The molecule has 0 spiro atoms. The predicted octanol–water partition coefficient (Wildman–Crippen LogP) is 2.42. The van der Waals surface area contributed by atoms with Crippen LogP contribution in [0.4, 0.5) is 0 Å². The quantitative estimate of drug-likeness (QED) is 0.535.